The van der Waals surface area contributed by atoms with Crippen molar-refractivity contribution in [1.29, 1.82) is 0 Å². The largest absolute Gasteiger partial charge is 0.495 e. The van der Waals surface area contributed by atoms with Crippen LogP contribution >= 0.6 is 0 Å². The number of nitrogens with zero attached hydrogens (tertiary/aromatic N) is 4. The van der Waals surface area contributed by atoms with Gasteiger partial charge in [-0.3, -0.25) is 24.1 Å². The van der Waals surface area contributed by atoms with Crippen LogP contribution in [0, 0.1) is 0 Å². The number of methoxy groups -OCH3 is 2. The molecule has 18 heteroatoms. The van der Waals surface area contributed by atoms with Gasteiger partial charge in [0.25, 0.3) is 0 Å². The zero-order chi connectivity index (χ0) is 46.2. The fourth-order valence-electron chi connectivity index (χ4n) is 8.65. The normalized spacial score (nSPS) is 18.0. The summed E-state index contributed by atoms with van der Waals surface area (Å²) in [7, 11) is 2.87. The van der Waals surface area contributed by atoms with E-state index in [0.717, 1.165) is 36.9 Å². The van der Waals surface area contributed by atoms with E-state index in [1.807, 2.05) is 50.2 Å². The number of para-hydroxylation sites is 3. The van der Waals surface area contributed by atoms with Gasteiger partial charge in [0.1, 0.15) is 29.9 Å². The molecule has 3 aliphatic heterocycles. The van der Waals surface area contributed by atoms with E-state index in [-0.39, 0.29) is 25.4 Å². The first-order valence-corrected chi connectivity index (χ1v) is 22.7. The average Bonchev–Trinajstić information content (AvgIpc) is 3.44. The molecule has 5 atom stereocenters. The van der Waals surface area contributed by atoms with Gasteiger partial charge in [0.15, 0.2) is 0 Å². The topological polar surface area (TPSA) is 219 Å². The third kappa shape index (κ3) is 13.0. The van der Waals surface area contributed by atoms with Crippen LogP contribution in [0.2, 0.25) is 0 Å². The first kappa shape index (κ1) is 49.0. The maximum absolute atomic E-state index is 14.5. The number of hydrogen-bond donors (Lipinski definition) is 5. The number of carbonyl (C=O) groups excluding carboxylic acids is 6. The molecule has 2 fully saturated rings. The molecule has 1 unspecified atom stereocenters. The van der Waals surface area contributed by atoms with Crippen molar-refractivity contribution in [2.75, 3.05) is 69.8 Å². The molecule has 2 aromatic carbocycles. The number of urea groups is 1. The highest BCUT2D eigenvalue weighted by Crippen LogP contribution is 2.39. The Morgan fingerprint density at radius 1 is 0.672 bits per heavy atom. The number of ether oxygens (including phenoxy) is 2. The first-order valence-electron chi connectivity index (χ1n) is 22.7. The van der Waals surface area contributed by atoms with Gasteiger partial charge in [-0.05, 0) is 55.9 Å². The molecule has 5 N–H and O–H groups in total. The van der Waals surface area contributed by atoms with Crippen LogP contribution in [0.25, 0.3) is 0 Å². The molecule has 18 nitrogen and oxygen atoms in total. The highest BCUT2D eigenvalue weighted by molar-refractivity contribution is 5.96. The quantitative estimate of drug-likeness (QED) is 0.136. The van der Waals surface area contributed by atoms with E-state index in [2.05, 4.69) is 26.2 Å². The number of carboxylic acids is 1. The molecule has 350 valence electrons. The Bertz CT molecular complexity index is 1930. The molecule has 64 heavy (non-hydrogen) atoms. The third-order valence-electron chi connectivity index (χ3n) is 12.2. The number of hydrogen-bond acceptors (Lipinski definition) is 10. The van der Waals surface area contributed by atoms with Crippen LogP contribution in [-0.4, -0.2) is 141 Å². The molecule has 0 radical (unpaired) electrons. The standard InChI is InChI=1S/C46H66N8O10/c1-5-7-18-34(42(57)49-36(44(59)60)29-40(55)52-26-24-51(25-27-52)38-20-12-13-21-39(38)63-3)47-43(58)35(28-31-30-54(46(62)64-4)37-19-11-10-17-32(31)37)48-41(56)33(16-6-2)50-45(61)53-22-14-8-9-15-23-53/h10-13,17,19-21,31,33-36H,5-9,14-16,18,22-30H2,1-4H3,(H,47,58)(H,48,56)(H,49,57)(H,50,61)(H,59,60)/t31?,33-,34+,35+,36+/m0/s1. The second kappa shape index (κ2) is 24.1. The summed E-state index contributed by atoms with van der Waals surface area (Å²) in [4.78, 5) is 102. The number of carbonyl (C=O) groups is 7. The van der Waals surface area contributed by atoms with Crippen molar-refractivity contribution < 1.29 is 48.1 Å². The van der Waals surface area contributed by atoms with Crippen LogP contribution in [0.3, 0.4) is 0 Å². The van der Waals surface area contributed by atoms with E-state index < -0.39 is 72.2 Å². The molecule has 0 aliphatic carbocycles. The second-order valence-corrected chi connectivity index (χ2v) is 16.7. The smallest absolute Gasteiger partial charge is 0.414 e. The molecular weight excluding hydrogens is 825 g/mol. The van der Waals surface area contributed by atoms with Crippen LogP contribution in [0.15, 0.2) is 48.5 Å². The Balaban J connectivity index is 1.31. The molecule has 7 amide bonds. The van der Waals surface area contributed by atoms with Crippen LogP contribution in [0.5, 0.6) is 5.75 Å². The van der Waals surface area contributed by atoms with E-state index >= 15 is 0 Å². The summed E-state index contributed by atoms with van der Waals surface area (Å²) in [5.74, 6) is -3.65. The fraction of sp³-hybridized carbons (Fsp3) is 0.587. The van der Waals surface area contributed by atoms with Crippen molar-refractivity contribution >= 4 is 53.1 Å². The predicted octanol–water partition coefficient (Wildman–Crippen LogP) is 3.98. The van der Waals surface area contributed by atoms with Gasteiger partial charge in [-0.25, -0.2) is 14.4 Å². The van der Waals surface area contributed by atoms with E-state index in [9.17, 15) is 38.7 Å². The number of rotatable bonds is 19. The Hall–Kier alpha value is -6.07. The van der Waals surface area contributed by atoms with Crippen molar-refractivity contribution in [3.8, 4) is 5.75 Å². The van der Waals surface area contributed by atoms with E-state index in [1.165, 1.54) is 12.0 Å². The van der Waals surface area contributed by atoms with Gasteiger partial charge in [-0.15, -0.1) is 0 Å². The lowest BCUT2D eigenvalue weighted by atomic mass is 9.93. The number of likely N-dealkylation sites (tertiary alicyclic amines) is 1. The Kier molecular flexibility index (Phi) is 18.4. The predicted molar refractivity (Wildman–Crippen MR) is 240 cm³/mol. The number of benzene rings is 2. The van der Waals surface area contributed by atoms with Crippen molar-refractivity contribution in [2.24, 2.45) is 0 Å². The van der Waals surface area contributed by atoms with Crippen molar-refractivity contribution in [1.82, 2.24) is 31.1 Å². The van der Waals surface area contributed by atoms with Gasteiger partial charge >= 0.3 is 18.1 Å². The second-order valence-electron chi connectivity index (χ2n) is 16.7. The van der Waals surface area contributed by atoms with E-state index in [4.69, 9.17) is 9.47 Å². The third-order valence-corrected chi connectivity index (χ3v) is 12.2. The summed E-state index contributed by atoms with van der Waals surface area (Å²) in [6.07, 6.45) is 4.86. The Labute approximate surface area is 375 Å². The van der Waals surface area contributed by atoms with Gasteiger partial charge in [0.05, 0.1) is 32.0 Å². The number of carboxylic acid groups (broad SMARTS) is 1. The van der Waals surface area contributed by atoms with Gasteiger partial charge in [-0.1, -0.05) is 76.3 Å². The zero-order valence-electron chi connectivity index (χ0n) is 37.6. The summed E-state index contributed by atoms with van der Waals surface area (Å²) in [5.41, 5.74) is 2.25. The summed E-state index contributed by atoms with van der Waals surface area (Å²) in [6.45, 7) is 6.77. The molecule has 0 spiro atoms. The summed E-state index contributed by atoms with van der Waals surface area (Å²) in [6, 6.07) is 9.41. The minimum absolute atomic E-state index is 0.0136. The van der Waals surface area contributed by atoms with E-state index in [1.54, 1.807) is 29.0 Å². The average molecular weight is 891 g/mol. The Morgan fingerprint density at radius 3 is 1.89 bits per heavy atom. The SMILES string of the molecule is CCCC[C@@H](NC(=O)[C@@H](CC1CN(C(=O)OC)c2ccccc21)NC(=O)[C@H](CCC)NC(=O)N1CCCCCC1)C(=O)N[C@H](CC(=O)N1CCN(c2ccccc2OC)CC1)C(=O)O. The fourth-order valence-corrected chi connectivity index (χ4v) is 8.65. The lowest BCUT2D eigenvalue weighted by Gasteiger charge is -2.37. The Morgan fingerprint density at radius 2 is 1.27 bits per heavy atom. The van der Waals surface area contributed by atoms with Crippen LogP contribution < -0.4 is 35.8 Å². The van der Waals surface area contributed by atoms with Gasteiger partial charge in [-0.2, -0.15) is 0 Å². The molecule has 5 rings (SSSR count). The summed E-state index contributed by atoms with van der Waals surface area (Å²) < 4.78 is 10.5. The molecule has 2 saturated heterocycles. The molecule has 2 aromatic rings. The highest BCUT2D eigenvalue weighted by atomic mass is 16.5. The number of unbranched alkanes of at least 4 members (excludes halogenated alkanes) is 1. The lowest BCUT2D eigenvalue weighted by molar-refractivity contribution is -0.145. The van der Waals surface area contributed by atoms with Crippen LogP contribution in [0.4, 0.5) is 21.0 Å². The first-order chi connectivity index (χ1) is 30.9. The monoisotopic (exact) mass is 890 g/mol. The summed E-state index contributed by atoms with van der Waals surface area (Å²) >= 11 is 0. The number of fused-ring (bicyclic) bond motifs is 1. The maximum atomic E-state index is 14.5. The molecule has 3 heterocycles. The highest BCUT2D eigenvalue weighted by Gasteiger charge is 2.39. The number of anilines is 2. The zero-order valence-corrected chi connectivity index (χ0v) is 37.6. The minimum atomic E-state index is -1.58. The number of piperazine rings is 1. The van der Waals surface area contributed by atoms with Gasteiger partial charge < -0.3 is 50.5 Å². The van der Waals surface area contributed by atoms with Crippen molar-refractivity contribution in [3.05, 3.63) is 54.1 Å². The molecule has 0 saturated carbocycles. The summed E-state index contributed by atoms with van der Waals surface area (Å²) in [5, 5.41) is 21.3. The van der Waals surface area contributed by atoms with Gasteiger partial charge in [0.2, 0.25) is 23.6 Å². The lowest BCUT2D eigenvalue weighted by Crippen LogP contribution is -2.59. The van der Waals surface area contributed by atoms with Crippen molar-refractivity contribution in [3.63, 3.8) is 0 Å². The number of amides is 7. The van der Waals surface area contributed by atoms with Gasteiger partial charge in [0, 0.05) is 51.7 Å². The van der Waals surface area contributed by atoms with E-state index in [0.29, 0.717) is 76.4 Å². The molecular formula is C46H66N8O10. The number of aliphatic carboxylic acids is 1. The maximum Gasteiger partial charge on any atom is 0.414 e. The minimum Gasteiger partial charge on any atom is -0.495 e. The van der Waals surface area contributed by atoms with Crippen molar-refractivity contribution in [2.45, 2.75) is 115 Å². The molecule has 0 bridgehead atoms. The molecule has 0 aromatic heterocycles. The van der Waals surface area contributed by atoms with Crippen LogP contribution in [0.1, 0.15) is 96.0 Å². The molecule has 3 aliphatic rings. The number of nitrogens with one attached hydrogen (secondary N) is 4. The van der Waals surface area contributed by atoms with Crippen LogP contribution in [-0.2, 0) is 28.7 Å².